The molecule has 1 aromatic carbocycles. The summed E-state index contributed by atoms with van der Waals surface area (Å²) in [5.74, 6) is -0.811. The smallest absolute Gasteiger partial charge is 0.255 e. The zero-order chi connectivity index (χ0) is 21.3. The number of piperazine rings is 1. The first-order chi connectivity index (χ1) is 13.7. The molecule has 1 unspecified atom stereocenters. The predicted octanol–water partition coefficient (Wildman–Crippen LogP) is 2.61. The molecule has 0 spiro atoms. The van der Waals surface area contributed by atoms with Crippen molar-refractivity contribution < 1.29 is 14.0 Å². The summed E-state index contributed by atoms with van der Waals surface area (Å²) in [7, 11) is 1.84. The van der Waals surface area contributed by atoms with E-state index in [1.54, 1.807) is 9.58 Å². The maximum absolute atomic E-state index is 13.2. The van der Waals surface area contributed by atoms with E-state index in [4.69, 9.17) is 11.6 Å². The maximum Gasteiger partial charge on any atom is 0.255 e. The third kappa shape index (κ3) is 4.43. The molecule has 7 nitrogen and oxygen atoms in total. The first-order valence-electron chi connectivity index (χ1n) is 9.48. The number of benzene rings is 1. The molecule has 2 aromatic rings. The molecule has 0 aliphatic carbocycles. The molecule has 1 atom stereocenters. The van der Waals surface area contributed by atoms with Crippen LogP contribution in [-0.4, -0.2) is 63.6 Å². The molecule has 2 heterocycles. The van der Waals surface area contributed by atoms with Crippen molar-refractivity contribution >= 4 is 29.1 Å². The quantitative estimate of drug-likeness (QED) is 0.823. The molecule has 1 N–H and O–H groups in total. The Morgan fingerprint density at radius 3 is 2.41 bits per heavy atom. The Balaban J connectivity index is 1.59. The number of amides is 2. The van der Waals surface area contributed by atoms with Crippen molar-refractivity contribution in [1.82, 2.24) is 19.6 Å². The van der Waals surface area contributed by atoms with Crippen LogP contribution in [-0.2, 0) is 11.8 Å². The summed E-state index contributed by atoms with van der Waals surface area (Å²) in [6.45, 7) is 7.67. The second kappa shape index (κ2) is 8.51. The van der Waals surface area contributed by atoms with E-state index >= 15 is 0 Å². The van der Waals surface area contributed by atoms with Crippen LogP contribution < -0.4 is 5.32 Å². The lowest BCUT2D eigenvalue weighted by atomic mass is 10.1. The van der Waals surface area contributed by atoms with Gasteiger partial charge in [-0.1, -0.05) is 11.6 Å². The van der Waals surface area contributed by atoms with E-state index in [2.05, 4.69) is 10.4 Å². The predicted molar refractivity (Wildman–Crippen MR) is 110 cm³/mol. The minimum Gasteiger partial charge on any atom is -0.336 e. The van der Waals surface area contributed by atoms with Crippen molar-refractivity contribution in [2.24, 2.45) is 7.05 Å². The summed E-state index contributed by atoms with van der Waals surface area (Å²) in [4.78, 5) is 29.1. The third-order valence-corrected chi connectivity index (χ3v) is 5.76. The third-order valence-electron chi connectivity index (χ3n) is 5.45. The van der Waals surface area contributed by atoms with Crippen LogP contribution in [0.4, 0.5) is 10.1 Å². The topological polar surface area (TPSA) is 70.5 Å². The highest BCUT2D eigenvalue weighted by Crippen LogP contribution is 2.21. The molecule has 1 fully saturated rings. The lowest BCUT2D eigenvalue weighted by Gasteiger charge is -2.37. The monoisotopic (exact) mass is 421 g/mol. The van der Waals surface area contributed by atoms with E-state index in [0.717, 1.165) is 23.1 Å². The van der Waals surface area contributed by atoms with Gasteiger partial charge < -0.3 is 10.2 Å². The van der Waals surface area contributed by atoms with Gasteiger partial charge in [-0.25, -0.2) is 4.39 Å². The van der Waals surface area contributed by atoms with E-state index in [0.29, 0.717) is 26.2 Å². The molecule has 1 aliphatic rings. The van der Waals surface area contributed by atoms with Gasteiger partial charge in [-0.15, -0.1) is 0 Å². The average Bonchev–Trinajstić information content (AvgIpc) is 2.93. The summed E-state index contributed by atoms with van der Waals surface area (Å²) in [6.07, 6.45) is 0. The van der Waals surface area contributed by atoms with Crippen molar-refractivity contribution in [3.63, 3.8) is 0 Å². The van der Waals surface area contributed by atoms with Gasteiger partial charge in [-0.3, -0.25) is 19.2 Å². The SMILES string of the molecule is Cc1nn(C)c(C)c1NC(=O)C(C)N1CCN(C(=O)c2ccc(F)cc2Cl)CC1. The van der Waals surface area contributed by atoms with Crippen molar-refractivity contribution in [3.8, 4) is 0 Å². The molecule has 1 aliphatic heterocycles. The van der Waals surface area contributed by atoms with Gasteiger partial charge in [0.05, 0.1) is 33.7 Å². The van der Waals surface area contributed by atoms with Crippen LogP contribution in [0.25, 0.3) is 0 Å². The lowest BCUT2D eigenvalue weighted by molar-refractivity contribution is -0.121. The standard InChI is InChI=1S/C20H25ClFN5O2/c1-12-18(13(2)25(4)24-12)23-19(28)14(3)26-7-9-27(10-8-26)20(29)16-6-5-15(22)11-17(16)21/h5-6,11,14H,7-10H2,1-4H3,(H,23,28). The van der Waals surface area contributed by atoms with Crippen molar-refractivity contribution in [2.75, 3.05) is 31.5 Å². The molecule has 2 amide bonds. The van der Waals surface area contributed by atoms with Gasteiger partial charge in [0.1, 0.15) is 5.82 Å². The summed E-state index contributed by atoms with van der Waals surface area (Å²) >= 11 is 6.01. The lowest BCUT2D eigenvalue weighted by Crippen LogP contribution is -2.54. The van der Waals surface area contributed by atoms with Crippen molar-refractivity contribution in [2.45, 2.75) is 26.8 Å². The molecule has 0 saturated carbocycles. The first kappa shape index (κ1) is 21.3. The molecular formula is C20H25ClFN5O2. The highest BCUT2D eigenvalue weighted by atomic mass is 35.5. The molecule has 1 aromatic heterocycles. The van der Waals surface area contributed by atoms with Gasteiger partial charge in [-0.05, 0) is 39.0 Å². The van der Waals surface area contributed by atoms with Crippen LogP contribution >= 0.6 is 11.6 Å². The van der Waals surface area contributed by atoms with E-state index < -0.39 is 5.82 Å². The number of halogens is 2. The van der Waals surface area contributed by atoms with E-state index in [9.17, 15) is 14.0 Å². The maximum atomic E-state index is 13.2. The minimum absolute atomic E-state index is 0.104. The van der Waals surface area contributed by atoms with Crippen molar-refractivity contribution in [3.05, 3.63) is 46.0 Å². The molecule has 0 radical (unpaired) electrons. The highest BCUT2D eigenvalue weighted by Gasteiger charge is 2.29. The fourth-order valence-electron chi connectivity index (χ4n) is 3.49. The number of rotatable bonds is 4. The number of aryl methyl sites for hydroxylation is 2. The van der Waals surface area contributed by atoms with E-state index in [1.165, 1.54) is 12.1 Å². The number of carbonyl (C=O) groups excluding carboxylic acids is 2. The number of nitrogens with one attached hydrogen (secondary N) is 1. The van der Waals surface area contributed by atoms with Crippen LogP contribution in [0.1, 0.15) is 28.7 Å². The zero-order valence-corrected chi connectivity index (χ0v) is 17.8. The normalized spacial score (nSPS) is 16.0. The second-order valence-electron chi connectivity index (χ2n) is 7.29. The fourth-order valence-corrected chi connectivity index (χ4v) is 3.74. The molecule has 0 bridgehead atoms. The summed E-state index contributed by atoms with van der Waals surface area (Å²) in [5.41, 5.74) is 2.70. The van der Waals surface area contributed by atoms with Gasteiger partial charge in [0.15, 0.2) is 0 Å². The van der Waals surface area contributed by atoms with Crippen LogP contribution in [0.5, 0.6) is 0 Å². The molecular weight excluding hydrogens is 397 g/mol. The van der Waals surface area contributed by atoms with Crippen LogP contribution in [0.15, 0.2) is 18.2 Å². The average molecular weight is 422 g/mol. The van der Waals surface area contributed by atoms with Gasteiger partial charge in [-0.2, -0.15) is 5.10 Å². The van der Waals surface area contributed by atoms with Gasteiger partial charge in [0.2, 0.25) is 5.91 Å². The Labute approximate surface area is 174 Å². The Hall–Kier alpha value is -2.45. The molecule has 1 saturated heterocycles. The molecule has 9 heteroatoms. The Morgan fingerprint density at radius 2 is 1.86 bits per heavy atom. The fraction of sp³-hybridized carbons (Fsp3) is 0.450. The zero-order valence-electron chi connectivity index (χ0n) is 17.0. The van der Waals surface area contributed by atoms with E-state index in [-0.39, 0.29) is 28.4 Å². The second-order valence-corrected chi connectivity index (χ2v) is 7.69. The molecule has 3 rings (SSSR count). The minimum atomic E-state index is -0.477. The number of aromatic nitrogens is 2. The first-order valence-corrected chi connectivity index (χ1v) is 9.86. The van der Waals surface area contributed by atoms with Crippen molar-refractivity contribution in [1.29, 1.82) is 0 Å². The number of hydrogen-bond donors (Lipinski definition) is 1. The Bertz CT molecular complexity index is 937. The molecule has 156 valence electrons. The number of carbonyl (C=O) groups is 2. The Morgan fingerprint density at radius 1 is 1.21 bits per heavy atom. The summed E-state index contributed by atoms with van der Waals surface area (Å²) in [5, 5.41) is 7.39. The largest absolute Gasteiger partial charge is 0.336 e. The van der Waals surface area contributed by atoms with Gasteiger partial charge in [0.25, 0.3) is 5.91 Å². The summed E-state index contributed by atoms with van der Waals surface area (Å²) < 4.78 is 15.0. The Kier molecular flexibility index (Phi) is 6.24. The van der Waals surface area contributed by atoms with Crippen LogP contribution in [0.3, 0.4) is 0 Å². The molecule has 29 heavy (non-hydrogen) atoms. The highest BCUT2D eigenvalue weighted by molar-refractivity contribution is 6.33. The number of hydrogen-bond acceptors (Lipinski definition) is 4. The number of anilines is 1. The summed E-state index contributed by atoms with van der Waals surface area (Å²) in [6, 6.07) is 3.42. The van der Waals surface area contributed by atoms with E-state index in [1.807, 2.05) is 32.7 Å². The van der Waals surface area contributed by atoms with Gasteiger partial charge >= 0.3 is 0 Å². The van der Waals surface area contributed by atoms with Crippen LogP contribution in [0, 0.1) is 19.7 Å². The number of nitrogens with zero attached hydrogens (tertiary/aromatic N) is 4. The van der Waals surface area contributed by atoms with Gasteiger partial charge in [0, 0.05) is 33.2 Å². The van der Waals surface area contributed by atoms with Crippen LogP contribution in [0.2, 0.25) is 5.02 Å².